The maximum atomic E-state index is 10.6. The van der Waals surface area contributed by atoms with Crippen LogP contribution in [0.1, 0.15) is 13.3 Å². The van der Waals surface area contributed by atoms with Crippen molar-refractivity contribution in [1.82, 2.24) is 9.78 Å². The number of allylic oxidation sites excluding steroid dienone is 1. The Kier molecular flexibility index (Phi) is 3.71. The number of carbonyl (C=O) groups is 1. The fourth-order valence-electron chi connectivity index (χ4n) is 1.02. The van der Waals surface area contributed by atoms with Crippen molar-refractivity contribution in [2.45, 2.75) is 19.9 Å². The van der Waals surface area contributed by atoms with E-state index >= 15 is 0 Å². The molecule has 0 fully saturated rings. The molecule has 1 N–H and O–H groups in total. The van der Waals surface area contributed by atoms with Crippen LogP contribution in [0.4, 0.5) is 0 Å². The van der Waals surface area contributed by atoms with Crippen molar-refractivity contribution in [3.63, 3.8) is 0 Å². The Morgan fingerprint density at radius 3 is 2.93 bits per heavy atom. The molecule has 0 aliphatic heterocycles. The van der Waals surface area contributed by atoms with Crippen molar-refractivity contribution in [1.29, 1.82) is 0 Å². The number of halogens is 1. The molecular weight excluding hydrogens is 204 g/mol. The Balaban J connectivity index is 2.65. The molecule has 1 heterocycles. The van der Waals surface area contributed by atoms with Gasteiger partial charge in [0.15, 0.2) is 0 Å². The van der Waals surface area contributed by atoms with Gasteiger partial charge >= 0.3 is 5.97 Å². The topological polar surface area (TPSA) is 55.1 Å². The predicted octanol–water partition coefficient (Wildman–Crippen LogP) is 1.96. The van der Waals surface area contributed by atoms with E-state index in [0.29, 0.717) is 23.6 Å². The zero-order valence-electron chi connectivity index (χ0n) is 7.77. The van der Waals surface area contributed by atoms with Crippen LogP contribution in [0.3, 0.4) is 0 Å². The minimum atomic E-state index is -0.884. The predicted molar refractivity (Wildman–Crippen MR) is 53.2 cm³/mol. The minimum absolute atomic E-state index is 0.386. The van der Waals surface area contributed by atoms with E-state index in [1.165, 1.54) is 6.20 Å². The molecule has 4 nitrogen and oxygen atoms in total. The molecule has 0 radical (unpaired) electrons. The van der Waals surface area contributed by atoms with Crippen LogP contribution in [0.25, 0.3) is 0 Å². The largest absolute Gasteiger partial charge is 0.478 e. The first-order valence-electron chi connectivity index (χ1n) is 4.23. The fraction of sp³-hybridized carbons (Fsp3) is 0.333. The van der Waals surface area contributed by atoms with Crippen LogP contribution >= 0.6 is 11.6 Å². The maximum Gasteiger partial charge on any atom is 0.331 e. The zero-order chi connectivity index (χ0) is 10.6. The monoisotopic (exact) mass is 214 g/mol. The van der Waals surface area contributed by atoms with Gasteiger partial charge in [-0.15, -0.1) is 0 Å². The lowest BCUT2D eigenvalue weighted by molar-refractivity contribution is -0.132. The van der Waals surface area contributed by atoms with Crippen molar-refractivity contribution in [3.8, 4) is 0 Å². The molecule has 1 aromatic heterocycles. The summed E-state index contributed by atoms with van der Waals surface area (Å²) in [5, 5.41) is 13.2. The van der Waals surface area contributed by atoms with Crippen molar-refractivity contribution < 1.29 is 9.90 Å². The number of hydrogen-bond acceptors (Lipinski definition) is 2. The van der Waals surface area contributed by atoms with Crippen molar-refractivity contribution >= 4 is 17.6 Å². The third-order valence-corrected chi connectivity index (χ3v) is 1.98. The quantitative estimate of drug-likeness (QED) is 0.780. The molecule has 0 saturated heterocycles. The minimum Gasteiger partial charge on any atom is -0.478 e. The van der Waals surface area contributed by atoms with E-state index in [2.05, 4.69) is 5.10 Å². The van der Waals surface area contributed by atoms with Gasteiger partial charge in [-0.1, -0.05) is 24.6 Å². The van der Waals surface area contributed by atoms with Gasteiger partial charge < -0.3 is 5.11 Å². The Morgan fingerprint density at radius 2 is 2.50 bits per heavy atom. The molecule has 0 aliphatic carbocycles. The van der Waals surface area contributed by atoms with Crippen LogP contribution in [0.5, 0.6) is 0 Å². The van der Waals surface area contributed by atoms with Gasteiger partial charge in [-0.05, 0) is 6.42 Å². The van der Waals surface area contributed by atoms with E-state index in [-0.39, 0.29) is 0 Å². The Labute approximate surface area is 86.8 Å². The first-order valence-corrected chi connectivity index (χ1v) is 4.61. The molecule has 1 rings (SSSR count). The summed E-state index contributed by atoms with van der Waals surface area (Å²) < 4.78 is 1.58. The SMILES string of the molecule is CCC(=CCn1cc(Cl)cn1)C(=O)O. The molecule has 0 unspecified atom stereocenters. The summed E-state index contributed by atoms with van der Waals surface area (Å²) in [5.41, 5.74) is 0.386. The molecule has 14 heavy (non-hydrogen) atoms. The van der Waals surface area contributed by atoms with Crippen LogP contribution in [0.15, 0.2) is 24.0 Å². The van der Waals surface area contributed by atoms with Crippen molar-refractivity contribution in [3.05, 3.63) is 29.1 Å². The van der Waals surface area contributed by atoms with E-state index in [0.717, 1.165) is 0 Å². The summed E-state index contributed by atoms with van der Waals surface area (Å²) in [4.78, 5) is 10.6. The Bertz CT molecular complexity index is 357. The van der Waals surface area contributed by atoms with Gasteiger partial charge in [-0.2, -0.15) is 5.10 Å². The molecule has 0 atom stereocenters. The number of nitrogens with zero attached hydrogens (tertiary/aromatic N) is 2. The van der Waals surface area contributed by atoms with Crippen LogP contribution < -0.4 is 0 Å². The van der Waals surface area contributed by atoms with Gasteiger partial charge in [0.1, 0.15) is 0 Å². The molecule has 0 spiro atoms. The summed E-state index contributed by atoms with van der Waals surface area (Å²) in [6.45, 7) is 2.23. The highest BCUT2D eigenvalue weighted by Crippen LogP contribution is 2.06. The summed E-state index contributed by atoms with van der Waals surface area (Å²) in [5.74, 6) is -0.884. The second kappa shape index (κ2) is 4.81. The molecule has 0 saturated carbocycles. The lowest BCUT2D eigenvalue weighted by Crippen LogP contribution is -2.02. The lowest BCUT2D eigenvalue weighted by Gasteiger charge is -1.98. The second-order valence-electron chi connectivity index (χ2n) is 2.77. The maximum absolute atomic E-state index is 10.6. The van der Waals surface area contributed by atoms with Gasteiger partial charge in [0.05, 0.1) is 17.8 Å². The van der Waals surface area contributed by atoms with Gasteiger partial charge in [0, 0.05) is 11.8 Å². The second-order valence-corrected chi connectivity index (χ2v) is 3.21. The molecule has 1 aromatic rings. The van der Waals surface area contributed by atoms with Gasteiger partial charge in [0.2, 0.25) is 0 Å². The average Bonchev–Trinajstić information content (AvgIpc) is 2.52. The van der Waals surface area contributed by atoms with E-state index < -0.39 is 5.97 Å². The molecule has 0 bridgehead atoms. The third-order valence-electron chi connectivity index (χ3n) is 1.78. The van der Waals surface area contributed by atoms with E-state index in [1.54, 1.807) is 23.9 Å². The first kappa shape index (κ1) is 10.8. The van der Waals surface area contributed by atoms with Gasteiger partial charge in [0.25, 0.3) is 0 Å². The average molecular weight is 215 g/mol. The van der Waals surface area contributed by atoms with Crippen LogP contribution in [0, 0.1) is 0 Å². The Morgan fingerprint density at radius 1 is 1.79 bits per heavy atom. The highest BCUT2D eigenvalue weighted by Gasteiger charge is 2.03. The number of aliphatic carboxylic acids is 1. The molecular formula is C9H11ClN2O2. The first-order chi connectivity index (χ1) is 6.63. The van der Waals surface area contributed by atoms with E-state index in [9.17, 15) is 4.79 Å². The number of rotatable bonds is 4. The highest BCUT2D eigenvalue weighted by molar-refractivity contribution is 6.30. The standard InChI is InChI=1S/C9H11ClN2O2/c1-2-7(9(13)14)3-4-12-6-8(10)5-11-12/h3,5-6H,2,4H2,1H3,(H,13,14). The molecule has 5 heteroatoms. The molecule has 0 amide bonds. The van der Waals surface area contributed by atoms with E-state index in [1.807, 2.05) is 0 Å². The van der Waals surface area contributed by atoms with Crippen LogP contribution in [-0.2, 0) is 11.3 Å². The van der Waals surface area contributed by atoms with Crippen molar-refractivity contribution in [2.24, 2.45) is 0 Å². The van der Waals surface area contributed by atoms with Gasteiger partial charge in [-0.25, -0.2) is 4.79 Å². The Hall–Kier alpha value is -1.29. The highest BCUT2D eigenvalue weighted by atomic mass is 35.5. The summed E-state index contributed by atoms with van der Waals surface area (Å²) in [6, 6.07) is 0. The molecule has 76 valence electrons. The summed E-state index contributed by atoms with van der Waals surface area (Å²) in [7, 11) is 0. The number of carboxylic acid groups (broad SMARTS) is 1. The van der Waals surface area contributed by atoms with E-state index in [4.69, 9.17) is 16.7 Å². The molecule has 0 aromatic carbocycles. The van der Waals surface area contributed by atoms with Gasteiger partial charge in [-0.3, -0.25) is 4.68 Å². The molecule has 0 aliphatic rings. The summed E-state index contributed by atoms with van der Waals surface area (Å²) in [6.07, 6.45) is 5.30. The normalized spacial score (nSPS) is 11.7. The summed E-state index contributed by atoms with van der Waals surface area (Å²) >= 11 is 5.65. The number of hydrogen-bond donors (Lipinski definition) is 1. The van der Waals surface area contributed by atoms with Crippen LogP contribution in [0.2, 0.25) is 5.02 Å². The van der Waals surface area contributed by atoms with Crippen LogP contribution in [-0.4, -0.2) is 20.9 Å². The fourth-order valence-corrected chi connectivity index (χ4v) is 1.18. The number of carboxylic acids is 1. The third kappa shape index (κ3) is 2.88. The number of aromatic nitrogens is 2. The zero-order valence-corrected chi connectivity index (χ0v) is 8.53. The van der Waals surface area contributed by atoms with Crippen molar-refractivity contribution in [2.75, 3.05) is 0 Å². The lowest BCUT2D eigenvalue weighted by atomic mass is 10.2. The smallest absolute Gasteiger partial charge is 0.331 e.